The molecular weight excluding hydrogens is 246 g/mol. The van der Waals surface area contributed by atoms with Crippen LogP contribution in [0.25, 0.3) is 0 Å². The predicted molar refractivity (Wildman–Crippen MR) is 57.0 cm³/mol. The Balaban J connectivity index is 2.68. The van der Waals surface area contributed by atoms with Crippen molar-refractivity contribution in [3.63, 3.8) is 0 Å². The maximum atomic E-state index is 11.1. The van der Waals surface area contributed by atoms with Crippen LogP contribution in [-0.4, -0.2) is 17.6 Å². The Bertz CT molecular complexity index is 339. The van der Waals surface area contributed by atoms with E-state index in [0.29, 0.717) is 6.61 Å². The summed E-state index contributed by atoms with van der Waals surface area (Å²) in [6.45, 7) is 4.15. The quantitative estimate of drug-likeness (QED) is 0.780. The SMILES string of the molecule is CCOC(=O)Cc1cc(Br)c(C)cn1. The molecule has 0 saturated heterocycles. The van der Waals surface area contributed by atoms with Crippen molar-refractivity contribution in [3.05, 3.63) is 28.0 Å². The number of ether oxygens (including phenoxy) is 1. The van der Waals surface area contributed by atoms with Crippen molar-refractivity contribution in [2.24, 2.45) is 0 Å². The lowest BCUT2D eigenvalue weighted by atomic mass is 10.2. The van der Waals surface area contributed by atoms with Crippen LogP contribution < -0.4 is 0 Å². The summed E-state index contributed by atoms with van der Waals surface area (Å²) in [5.41, 5.74) is 1.78. The first-order valence-corrected chi connectivity index (χ1v) is 5.19. The number of pyridine rings is 1. The van der Waals surface area contributed by atoms with E-state index >= 15 is 0 Å². The molecule has 3 nitrogen and oxygen atoms in total. The highest BCUT2D eigenvalue weighted by Gasteiger charge is 2.06. The Kier molecular flexibility index (Phi) is 4.07. The summed E-state index contributed by atoms with van der Waals surface area (Å²) in [5, 5.41) is 0. The van der Waals surface area contributed by atoms with Gasteiger partial charge in [0.2, 0.25) is 0 Å². The number of carbonyl (C=O) groups excluding carboxylic acids is 1. The summed E-state index contributed by atoms with van der Waals surface area (Å²) < 4.78 is 5.79. The van der Waals surface area contributed by atoms with Crippen LogP contribution in [0.2, 0.25) is 0 Å². The predicted octanol–water partition coefficient (Wildman–Crippen LogP) is 2.26. The number of rotatable bonds is 3. The first kappa shape index (κ1) is 11.2. The zero-order chi connectivity index (χ0) is 10.6. The third kappa shape index (κ3) is 3.10. The molecule has 0 aliphatic carbocycles. The molecule has 0 aromatic carbocycles. The van der Waals surface area contributed by atoms with Gasteiger partial charge < -0.3 is 4.74 Å². The number of aromatic nitrogens is 1. The average molecular weight is 258 g/mol. The highest BCUT2D eigenvalue weighted by Crippen LogP contribution is 2.15. The summed E-state index contributed by atoms with van der Waals surface area (Å²) in [6, 6.07) is 1.84. The van der Waals surface area contributed by atoms with Crippen LogP contribution in [0.5, 0.6) is 0 Å². The number of halogens is 1. The van der Waals surface area contributed by atoms with Gasteiger partial charge in [0.25, 0.3) is 0 Å². The molecule has 1 heterocycles. The summed E-state index contributed by atoms with van der Waals surface area (Å²) in [7, 11) is 0. The second kappa shape index (κ2) is 5.10. The van der Waals surface area contributed by atoms with Crippen molar-refractivity contribution in [1.82, 2.24) is 4.98 Å². The molecule has 0 N–H and O–H groups in total. The monoisotopic (exact) mass is 257 g/mol. The van der Waals surface area contributed by atoms with Gasteiger partial charge in [-0.15, -0.1) is 0 Å². The lowest BCUT2D eigenvalue weighted by Crippen LogP contribution is -2.08. The Morgan fingerprint density at radius 1 is 1.64 bits per heavy atom. The highest BCUT2D eigenvalue weighted by atomic mass is 79.9. The average Bonchev–Trinajstić information content (AvgIpc) is 2.12. The summed E-state index contributed by atoms with van der Waals surface area (Å²) in [6.07, 6.45) is 1.96. The van der Waals surface area contributed by atoms with Gasteiger partial charge >= 0.3 is 5.97 Å². The molecule has 0 radical (unpaired) electrons. The second-order valence-corrected chi connectivity index (χ2v) is 3.76. The van der Waals surface area contributed by atoms with E-state index in [1.165, 1.54) is 0 Å². The van der Waals surface area contributed by atoms with E-state index in [4.69, 9.17) is 4.74 Å². The molecule has 0 aliphatic heterocycles. The smallest absolute Gasteiger partial charge is 0.311 e. The molecule has 0 saturated carbocycles. The van der Waals surface area contributed by atoms with E-state index in [9.17, 15) is 4.79 Å². The first-order chi connectivity index (χ1) is 6.63. The molecular formula is C10H12BrNO2. The number of hydrogen-bond acceptors (Lipinski definition) is 3. The Morgan fingerprint density at radius 2 is 2.36 bits per heavy atom. The van der Waals surface area contributed by atoms with Gasteiger partial charge in [0.05, 0.1) is 18.7 Å². The summed E-state index contributed by atoms with van der Waals surface area (Å²) in [5.74, 6) is -0.240. The van der Waals surface area contributed by atoms with Crippen molar-refractivity contribution in [3.8, 4) is 0 Å². The van der Waals surface area contributed by atoms with Crippen LogP contribution >= 0.6 is 15.9 Å². The van der Waals surface area contributed by atoms with Crippen molar-refractivity contribution in [1.29, 1.82) is 0 Å². The fourth-order valence-electron chi connectivity index (χ4n) is 0.995. The van der Waals surface area contributed by atoms with Gasteiger partial charge in [-0.3, -0.25) is 9.78 Å². The van der Waals surface area contributed by atoms with Gasteiger partial charge in [-0.05, 0) is 25.5 Å². The lowest BCUT2D eigenvalue weighted by molar-refractivity contribution is -0.142. The zero-order valence-corrected chi connectivity index (χ0v) is 9.80. The molecule has 0 aliphatic rings. The van der Waals surface area contributed by atoms with E-state index in [1.54, 1.807) is 13.1 Å². The lowest BCUT2D eigenvalue weighted by Gasteiger charge is -2.03. The number of carbonyl (C=O) groups is 1. The maximum absolute atomic E-state index is 11.1. The van der Waals surface area contributed by atoms with Crippen molar-refractivity contribution in [2.75, 3.05) is 6.61 Å². The third-order valence-electron chi connectivity index (χ3n) is 1.72. The van der Waals surface area contributed by atoms with E-state index in [-0.39, 0.29) is 12.4 Å². The minimum absolute atomic E-state index is 0.229. The van der Waals surface area contributed by atoms with Crippen LogP contribution in [0.1, 0.15) is 18.2 Å². The van der Waals surface area contributed by atoms with Crippen LogP contribution in [0.4, 0.5) is 0 Å². The normalized spacial score (nSPS) is 9.93. The van der Waals surface area contributed by atoms with Gasteiger partial charge in [-0.2, -0.15) is 0 Å². The Labute approximate surface area is 91.6 Å². The fourth-order valence-corrected chi connectivity index (χ4v) is 1.36. The van der Waals surface area contributed by atoms with Crippen LogP contribution in [-0.2, 0) is 16.0 Å². The third-order valence-corrected chi connectivity index (χ3v) is 2.58. The number of esters is 1. The fraction of sp³-hybridized carbons (Fsp3) is 0.400. The molecule has 0 amide bonds. The molecule has 1 aromatic rings. The van der Waals surface area contributed by atoms with E-state index < -0.39 is 0 Å². The van der Waals surface area contributed by atoms with Crippen molar-refractivity contribution < 1.29 is 9.53 Å². The van der Waals surface area contributed by atoms with Crippen LogP contribution in [0, 0.1) is 6.92 Å². The zero-order valence-electron chi connectivity index (χ0n) is 8.21. The molecule has 0 fully saturated rings. The minimum Gasteiger partial charge on any atom is -0.466 e. The van der Waals surface area contributed by atoms with Crippen LogP contribution in [0.15, 0.2) is 16.7 Å². The van der Waals surface area contributed by atoms with Gasteiger partial charge in [0.15, 0.2) is 0 Å². The Hall–Kier alpha value is -0.900. The molecule has 0 spiro atoms. The molecule has 0 bridgehead atoms. The van der Waals surface area contributed by atoms with Crippen LogP contribution in [0.3, 0.4) is 0 Å². The molecule has 14 heavy (non-hydrogen) atoms. The number of hydrogen-bond donors (Lipinski definition) is 0. The molecule has 4 heteroatoms. The first-order valence-electron chi connectivity index (χ1n) is 4.40. The van der Waals surface area contributed by atoms with Gasteiger partial charge in [-0.25, -0.2) is 0 Å². The Morgan fingerprint density at radius 3 is 2.93 bits per heavy atom. The number of aryl methyl sites for hydroxylation is 1. The molecule has 0 atom stereocenters. The maximum Gasteiger partial charge on any atom is 0.311 e. The van der Waals surface area contributed by atoms with Crippen molar-refractivity contribution >= 4 is 21.9 Å². The minimum atomic E-state index is -0.240. The van der Waals surface area contributed by atoms with Crippen molar-refractivity contribution in [2.45, 2.75) is 20.3 Å². The second-order valence-electron chi connectivity index (χ2n) is 2.91. The highest BCUT2D eigenvalue weighted by molar-refractivity contribution is 9.10. The summed E-state index contributed by atoms with van der Waals surface area (Å²) >= 11 is 3.38. The van der Waals surface area contributed by atoms with E-state index in [0.717, 1.165) is 15.7 Å². The largest absolute Gasteiger partial charge is 0.466 e. The van der Waals surface area contributed by atoms with E-state index in [2.05, 4.69) is 20.9 Å². The molecule has 1 aromatic heterocycles. The molecule has 76 valence electrons. The molecule has 0 unspecified atom stereocenters. The number of nitrogens with zero attached hydrogens (tertiary/aromatic N) is 1. The van der Waals surface area contributed by atoms with Gasteiger partial charge in [0.1, 0.15) is 0 Å². The molecule has 1 rings (SSSR count). The topological polar surface area (TPSA) is 39.2 Å². The summed E-state index contributed by atoms with van der Waals surface area (Å²) in [4.78, 5) is 15.3. The van der Waals surface area contributed by atoms with Gasteiger partial charge in [0, 0.05) is 10.7 Å². The van der Waals surface area contributed by atoms with Gasteiger partial charge in [-0.1, -0.05) is 15.9 Å². The standard InChI is InChI=1S/C10H12BrNO2/c1-3-14-10(13)5-8-4-9(11)7(2)6-12-8/h4,6H,3,5H2,1-2H3. The van der Waals surface area contributed by atoms with E-state index in [1.807, 2.05) is 13.0 Å².